The Labute approximate surface area is 92.1 Å². The van der Waals surface area contributed by atoms with Crippen molar-refractivity contribution >= 4 is 0 Å². The molecule has 1 heteroatoms. The van der Waals surface area contributed by atoms with Gasteiger partial charge >= 0.3 is 0 Å². The summed E-state index contributed by atoms with van der Waals surface area (Å²) in [6.07, 6.45) is 1.41. The summed E-state index contributed by atoms with van der Waals surface area (Å²) in [4.78, 5) is 0. The largest absolute Gasteiger partial charge is 0.385 e. The summed E-state index contributed by atoms with van der Waals surface area (Å²) >= 11 is 0. The minimum atomic E-state index is -0.769. The van der Waals surface area contributed by atoms with Gasteiger partial charge in [-0.2, -0.15) is 0 Å². The first kappa shape index (κ1) is 11.8. The van der Waals surface area contributed by atoms with E-state index in [0.717, 1.165) is 17.5 Å². The number of aliphatic hydroxyl groups is 1. The summed E-state index contributed by atoms with van der Waals surface area (Å²) < 4.78 is 0. The van der Waals surface area contributed by atoms with Crippen LogP contribution in [-0.4, -0.2) is 5.11 Å². The fourth-order valence-electron chi connectivity index (χ4n) is 1.74. The summed E-state index contributed by atoms with van der Waals surface area (Å²) in [5.41, 5.74) is 1.37. The summed E-state index contributed by atoms with van der Waals surface area (Å²) in [5.74, 6) is 5.83. The number of hydrogen-bond acceptors (Lipinski definition) is 1. The van der Waals surface area contributed by atoms with Gasteiger partial charge in [0.05, 0.1) is 5.60 Å². The molecule has 0 fully saturated rings. The summed E-state index contributed by atoms with van der Waals surface area (Å²) in [6.45, 7) is 5.70. The van der Waals surface area contributed by atoms with E-state index in [4.69, 9.17) is 0 Å². The molecule has 1 unspecified atom stereocenters. The van der Waals surface area contributed by atoms with Crippen LogP contribution in [0.1, 0.15) is 37.8 Å². The molecule has 0 saturated carbocycles. The predicted molar refractivity (Wildman–Crippen MR) is 63.4 cm³/mol. The lowest BCUT2D eigenvalue weighted by atomic mass is 9.88. The van der Waals surface area contributed by atoms with Gasteiger partial charge in [-0.1, -0.05) is 24.3 Å². The van der Waals surface area contributed by atoms with Crippen molar-refractivity contribution in [3.05, 3.63) is 35.4 Å². The molecule has 0 aliphatic heterocycles. The Balaban J connectivity index is 2.84. The van der Waals surface area contributed by atoms with Gasteiger partial charge in [0.15, 0.2) is 0 Å². The zero-order valence-electron chi connectivity index (χ0n) is 9.67. The third-order valence-electron chi connectivity index (χ3n) is 2.64. The topological polar surface area (TPSA) is 20.2 Å². The average molecular weight is 202 g/mol. The monoisotopic (exact) mass is 202 g/mol. The lowest BCUT2D eigenvalue weighted by molar-refractivity contribution is 0.0487. The maximum atomic E-state index is 10.3. The number of benzene rings is 1. The third-order valence-corrected chi connectivity index (χ3v) is 2.64. The maximum Gasteiger partial charge on any atom is 0.0880 e. The zero-order chi connectivity index (χ0) is 11.3. The number of hydrogen-bond donors (Lipinski definition) is 1. The van der Waals surface area contributed by atoms with E-state index in [1.54, 1.807) is 0 Å². The Morgan fingerprint density at radius 1 is 1.33 bits per heavy atom. The molecule has 15 heavy (non-hydrogen) atoms. The minimum Gasteiger partial charge on any atom is -0.385 e. The third kappa shape index (κ3) is 3.11. The smallest absolute Gasteiger partial charge is 0.0880 e. The summed E-state index contributed by atoms with van der Waals surface area (Å²) in [5, 5.41) is 10.3. The highest BCUT2D eigenvalue weighted by Gasteiger charge is 2.23. The molecule has 0 amide bonds. The van der Waals surface area contributed by atoms with Crippen molar-refractivity contribution in [1.29, 1.82) is 0 Å². The van der Waals surface area contributed by atoms with Crippen LogP contribution in [0.25, 0.3) is 0 Å². The van der Waals surface area contributed by atoms with Gasteiger partial charge in [-0.15, -0.1) is 11.8 Å². The standard InChI is InChI=1S/C14H18O/c1-4-5-8-11-14(3,15)13-10-7-6-9-12(13)2/h6-7,9-10,15H,8,11H2,1-3H3. The van der Waals surface area contributed by atoms with Crippen LogP contribution in [0.4, 0.5) is 0 Å². The molecule has 1 aromatic carbocycles. The Kier molecular flexibility index (Phi) is 3.94. The molecule has 0 aliphatic carbocycles. The Morgan fingerprint density at radius 2 is 2.00 bits per heavy atom. The molecule has 0 aromatic heterocycles. The van der Waals surface area contributed by atoms with Gasteiger partial charge in [0.25, 0.3) is 0 Å². The van der Waals surface area contributed by atoms with Crippen molar-refractivity contribution < 1.29 is 5.11 Å². The van der Waals surface area contributed by atoms with Gasteiger partial charge < -0.3 is 5.11 Å². The Hall–Kier alpha value is -1.26. The molecule has 0 heterocycles. The minimum absolute atomic E-state index is 0.679. The second-order valence-corrected chi connectivity index (χ2v) is 4.02. The van der Waals surface area contributed by atoms with Crippen LogP contribution < -0.4 is 0 Å². The van der Waals surface area contributed by atoms with Crippen LogP contribution in [0.15, 0.2) is 24.3 Å². The number of rotatable bonds is 3. The van der Waals surface area contributed by atoms with Crippen molar-refractivity contribution in [3.63, 3.8) is 0 Å². The van der Waals surface area contributed by atoms with Crippen molar-refractivity contribution in [2.24, 2.45) is 0 Å². The lowest BCUT2D eigenvalue weighted by Crippen LogP contribution is -2.21. The van der Waals surface area contributed by atoms with Crippen LogP contribution in [-0.2, 0) is 5.60 Å². The first-order chi connectivity index (χ1) is 7.08. The molecule has 0 radical (unpaired) electrons. The van der Waals surface area contributed by atoms with Gasteiger partial charge in [-0.3, -0.25) is 0 Å². The zero-order valence-corrected chi connectivity index (χ0v) is 9.67. The van der Waals surface area contributed by atoms with E-state index in [1.165, 1.54) is 0 Å². The molecule has 1 rings (SSSR count). The van der Waals surface area contributed by atoms with Gasteiger partial charge in [-0.25, -0.2) is 0 Å². The first-order valence-corrected chi connectivity index (χ1v) is 5.26. The Morgan fingerprint density at radius 3 is 2.60 bits per heavy atom. The SMILES string of the molecule is CC#CCCC(C)(O)c1ccccc1C. The highest BCUT2D eigenvalue weighted by atomic mass is 16.3. The van der Waals surface area contributed by atoms with Gasteiger partial charge in [0.2, 0.25) is 0 Å². The quantitative estimate of drug-likeness (QED) is 0.747. The molecule has 0 aliphatic rings. The molecule has 1 aromatic rings. The molecule has 0 bridgehead atoms. The fraction of sp³-hybridized carbons (Fsp3) is 0.429. The summed E-state index contributed by atoms with van der Waals surface area (Å²) in [7, 11) is 0. The van der Waals surface area contributed by atoms with Gasteiger partial charge in [0, 0.05) is 6.42 Å². The van der Waals surface area contributed by atoms with Crippen molar-refractivity contribution in [2.75, 3.05) is 0 Å². The molecule has 1 N–H and O–H groups in total. The first-order valence-electron chi connectivity index (χ1n) is 5.26. The van der Waals surface area contributed by atoms with E-state index in [9.17, 15) is 5.11 Å². The second kappa shape index (κ2) is 5.00. The highest BCUT2D eigenvalue weighted by Crippen LogP contribution is 2.28. The predicted octanol–water partition coefficient (Wildman–Crippen LogP) is 3.01. The molecule has 1 nitrogen and oxygen atoms in total. The van der Waals surface area contributed by atoms with Crippen LogP contribution in [0.3, 0.4) is 0 Å². The van der Waals surface area contributed by atoms with Crippen LogP contribution in [0.2, 0.25) is 0 Å². The van der Waals surface area contributed by atoms with E-state index < -0.39 is 5.60 Å². The van der Waals surface area contributed by atoms with Crippen molar-refractivity contribution in [2.45, 2.75) is 39.2 Å². The van der Waals surface area contributed by atoms with Crippen molar-refractivity contribution in [1.82, 2.24) is 0 Å². The molecule has 0 spiro atoms. The van der Waals surface area contributed by atoms with Crippen LogP contribution in [0.5, 0.6) is 0 Å². The molecular weight excluding hydrogens is 184 g/mol. The lowest BCUT2D eigenvalue weighted by Gasteiger charge is -2.24. The van der Waals surface area contributed by atoms with E-state index in [0.29, 0.717) is 6.42 Å². The highest BCUT2D eigenvalue weighted by molar-refractivity contribution is 5.30. The van der Waals surface area contributed by atoms with Crippen molar-refractivity contribution in [3.8, 4) is 11.8 Å². The van der Waals surface area contributed by atoms with E-state index >= 15 is 0 Å². The van der Waals surface area contributed by atoms with E-state index in [1.807, 2.05) is 45.0 Å². The van der Waals surface area contributed by atoms with E-state index in [2.05, 4.69) is 11.8 Å². The number of aryl methyl sites for hydroxylation is 1. The molecular formula is C14H18O. The van der Waals surface area contributed by atoms with Crippen LogP contribution >= 0.6 is 0 Å². The normalized spacial score (nSPS) is 13.9. The van der Waals surface area contributed by atoms with Gasteiger partial charge in [-0.05, 0) is 38.3 Å². The maximum absolute atomic E-state index is 10.3. The van der Waals surface area contributed by atoms with E-state index in [-0.39, 0.29) is 0 Å². The average Bonchev–Trinajstić information content (AvgIpc) is 2.18. The fourth-order valence-corrected chi connectivity index (χ4v) is 1.74. The van der Waals surface area contributed by atoms with Crippen LogP contribution in [0, 0.1) is 18.8 Å². The summed E-state index contributed by atoms with van der Waals surface area (Å²) in [6, 6.07) is 7.95. The molecule has 80 valence electrons. The van der Waals surface area contributed by atoms with Gasteiger partial charge in [0.1, 0.15) is 0 Å². The molecule has 1 atom stereocenters. The Bertz CT molecular complexity index is 380. The second-order valence-electron chi connectivity index (χ2n) is 4.02. The molecule has 0 saturated heterocycles.